The van der Waals surface area contributed by atoms with E-state index in [-0.39, 0.29) is 11.9 Å². The lowest BCUT2D eigenvalue weighted by molar-refractivity contribution is -0.117. The third-order valence-corrected chi connectivity index (χ3v) is 4.11. The molecule has 1 amide bonds. The van der Waals surface area contributed by atoms with Crippen LogP contribution in [0.2, 0.25) is 5.02 Å². The normalized spacial score (nSPS) is 18.5. The molecule has 1 fully saturated rings. The molecule has 1 aliphatic rings. The van der Waals surface area contributed by atoms with Crippen LogP contribution >= 0.6 is 11.6 Å². The average molecular weight is 320 g/mol. The Labute approximate surface area is 134 Å². The second-order valence-corrected chi connectivity index (χ2v) is 5.99. The number of hydrogen-bond acceptors (Lipinski definition) is 4. The first kappa shape index (κ1) is 15.1. The van der Waals surface area contributed by atoms with Gasteiger partial charge in [-0.3, -0.25) is 9.69 Å². The van der Waals surface area contributed by atoms with E-state index in [0.717, 1.165) is 24.4 Å². The second-order valence-electron chi connectivity index (χ2n) is 5.55. The third-order valence-electron chi connectivity index (χ3n) is 3.86. The zero-order valence-corrected chi connectivity index (χ0v) is 13.1. The first-order chi connectivity index (χ1) is 10.6. The van der Waals surface area contributed by atoms with Crippen LogP contribution in [0.25, 0.3) is 0 Å². The molecule has 1 unspecified atom stereocenters. The van der Waals surface area contributed by atoms with Crippen molar-refractivity contribution in [1.29, 1.82) is 0 Å². The maximum atomic E-state index is 12.2. The second kappa shape index (κ2) is 6.50. The summed E-state index contributed by atoms with van der Waals surface area (Å²) >= 11 is 5.94. The minimum absolute atomic E-state index is 0.0748. The van der Waals surface area contributed by atoms with Crippen molar-refractivity contribution in [1.82, 2.24) is 10.1 Å². The summed E-state index contributed by atoms with van der Waals surface area (Å²) in [5.74, 6) is 1.06. The lowest BCUT2D eigenvalue weighted by Crippen LogP contribution is -2.33. The number of hydrogen-bond donors (Lipinski definition) is 1. The number of benzene rings is 1. The Morgan fingerprint density at radius 1 is 1.45 bits per heavy atom. The molecule has 22 heavy (non-hydrogen) atoms. The molecule has 0 aliphatic carbocycles. The van der Waals surface area contributed by atoms with Gasteiger partial charge in [0.1, 0.15) is 5.76 Å². The summed E-state index contributed by atoms with van der Waals surface area (Å²) in [5, 5.41) is 7.27. The van der Waals surface area contributed by atoms with Gasteiger partial charge < -0.3 is 9.84 Å². The minimum Gasteiger partial charge on any atom is -0.360 e. The van der Waals surface area contributed by atoms with Crippen LogP contribution in [0.3, 0.4) is 0 Å². The predicted octanol–water partition coefficient (Wildman–Crippen LogP) is 3.41. The van der Waals surface area contributed by atoms with Gasteiger partial charge >= 0.3 is 0 Å². The first-order valence-electron chi connectivity index (χ1n) is 7.34. The number of aromatic nitrogens is 1. The molecule has 1 atom stereocenters. The van der Waals surface area contributed by atoms with Gasteiger partial charge in [-0.1, -0.05) is 28.9 Å². The number of halogens is 1. The Bertz CT molecular complexity index is 654. The first-order valence-corrected chi connectivity index (χ1v) is 7.72. The van der Waals surface area contributed by atoms with E-state index in [1.165, 1.54) is 5.56 Å². The Balaban J connectivity index is 1.63. The van der Waals surface area contributed by atoms with E-state index < -0.39 is 0 Å². The number of nitrogens with zero attached hydrogens (tertiary/aromatic N) is 2. The smallest absolute Gasteiger partial charge is 0.239 e. The maximum absolute atomic E-state index is 12.2. The number of carbonyl (C=O) groups excluding carboxylic acids is 1. The molecule has 2 heterocycles. The SMILES string of the molecule is Cc1cc(NC(=O)CN2CCCC2c2ccc(Cl)cc2)no1. The van der Waals surface area contributed by atoms with E-state index in [4.69, 9.17) is 16.1 Å². The molecule has 1 aromatic carbocycles. The van der Waals surface area contributed by atoms with Crippen LogP contribution < -0.4 is 5.32 Å². The van der Waals surface area contributed by atoms with Crippen molar-refractivity contribution in [2.24, 2.45) is 0 Å². The number of anilines is 1. The lowest BCUT2D eigenvalue weighted by Gasteiger charge is -2.24. The van der Waals surface area contributed by atoms with E-state index in [9.17, 15) is 4.79 Å². The fourth-order valence-electron chi connectivity index (χ4n) is 2.87. The quantitative estimate of drug-likeness (QED) is 0.938. The number of aryl methyl sites for hydroxylation is 1. The van der Waals surface area contributed by atoms with Crippen LogP contribution in [0.15, 0.2) is 34.9 Å². The molecule has 2 aromatic rings. The molecular formula is C16H18ClN3O2. The van der Waals surface area contributed by atoms with E-state index in [1.807, 2.05) is 24.3 Å². The number of amides is 1. The summed E-state index contributed by atoms with van der Waals surface area (Å²) < 4.78 is 4.95. The fourth-order valence-corrected chi connectivity index (χ4v) is 3.00. The van der Waals surface area contributed by atoms with Crippen molar-refractivity contribution < 1.29 is 9.32 Å². The topological polar surface area (TPSA) is 58.4 Å². The van der Waals surface area contributed by atoms with Gasteiger partial charge in [0.15, 0.2) is 5.82 Å². The molecule has 1 N–H and O–H groups in total. The third kappa shape index (κ3) is 3.48. The zero-order chi connectivity index (χ0) is 15.5. The van der Waals surface area contributed by atoms with Gasteiger partial charge in [0.2, 0.25) is 5.91 Å². The van der Waals surface area contributed by atoms with Crippen LogP contribution in [-0.2, 0) is 4.79 Å². The van der Waals surface area contributed by atoms with Crippen molar-refractivity contribution in [3.05, 3.63) is 46.7 Å². The molecule has 0 saturated carbocycles. The van der Waals surface area contributed by atoms with Gasteiger partial charge in [-0.2, -0.15) is 0 Å². The van der Waals surface area contributed by atoms with Crippen molar-refractivity contribution in [3.63, 3.8) is 0 Å². The molecule has 1 aliphatic heterocycles. The Morgan fingerprint density at radius 3 is 2.91 bits per heavy atom. The summed E-state index contributed by atoms with van der Waals surface area (Å²) in [6.07, 6.45) is 2.14. The van der Waals surface area contributed by atoms with Crippen LogP contribution in [0, 0.1) is 6.92 Å². The Morgan fingerprint density at radius 2 is 2.23 bits per heavy atom. The minimum atomic E-state index is -0.0748. The molecule has 0 bridgehead atoms. The molecule has 5 nitrogen and oxygen atoms in total. The summed E-state index contributed by atoms with van der Waals surface area (Å²) in [7, 11) is 0. The highest BCUT2D eigenvalue weighted by molar-refractivity contribution is 6.30. The number of likely N-dealkylation sites (tertiary alicyclic amines) is 1. The summed E-state index contributed by atoms with van der Waals surface area (Å²) in [4.78, 5) is 14.3. The molecule has 1 aromatic heterocycles. The number of carbonyl (C=O) groups is 1. The molecule has 3 rings (SSSR count). The van der Waals surface area contributed by atoms with E-state index >= 15 is 0 Å². The molecule has 1 saturated heterocycles. The molecule has 116 valence electrons. The highest BCUT2D eigenvalue weighted by Gasteiger charge is 2.27. The monoisotopic (exact) mass is 319 g/mol. The molecule has 0 radical (unpaired) electrons. The number of nitrogens with one attached hydrogen (secondary N) is 1. The fraction of sp³-hybridized carbons (Fsp3) is 0.375. The Hall–Kier alpha value is -1.85. The number of rotatable bonds is 4. The van der Waals surface area contributed by atoms with Crippen molar-refractivity contribution >= 4 is 23.3 Å². The van der Waals surface area contributed by atoms with Crippen molar-refractivity contribution in [2.45, 2.75) is 25.8 Å². The van der Waals surface area contributed by atoms with E-state index in [2.05, 4.69) is 15.4 Å². The lowest BCUT2D eigenvalue weighted by atomic mass is 10.0. The Kier molecular flexibility index (Phi) is 4.45. The average Bonchev–Trinajstić information content (AvgIpc) is 3.09. The van der Waals surface area contributed by atoms with E-state index in [1.54, 1.807) is 13.0 Å². The highest BCUT2D eigenvalue weighted by atomic mass is 35.5. The molecular weight excluding hydrogens is 302 g/mol. The van der Waals surface area contributed by atoms with Gasteiger partial charge in [0.25, 0.3) is 0 Å². The van der Waals surface area contributed by atoms with Crippen LogP contribution in [0.5, 0.6) is 0 Å². The summed E-state index contributed by atoms with van der Waals surface area (Å²) in [5.41, 5.74) is 1.20. The van der Waals surface area contributed by atoms with Gasteiger partial charge in [-0.05, 0) is 44.0 Å². The van der Waals surface area contributed by atoms with Crippen LogP contribution in [0.1, 0.15) is 30.2 Å². The maximum Gasteiger partial charge on any atom is 0.239 e. The van der Waals surface area contributed by atoms with Crippen molar-refractivity contribution in [3.8, 4) is 0 Å². The van der Waals surface area contributed by atoms with Gasteiger partial charge in [0.05, 0.1) is 6.54 Å². The largest absolute Gasteiger partial charge is 0.360 e. The van der Waals surface area contributed by atoms with Crippen LogP contribution in [-0.4, -0.2) is 29.1 Å². The van der Waals surface area contributed by atoms with Gasteiger partial charge in [-0.15, -0.1) is 0 Å². The highest BCUT2D eigenvalue weighted by Crippen LogP contribution is 2.32. The predicted molar refractivity (Wildman–Crippen MR) is 84.9 cm³/mol. The van der Waals surface area contributed by atoms with Crippen molar-refractivity contribution in [2.75, 3.05) is 18.4 Å². The molecule has 0 spiro atoms. The summed E-state index contributed by atoms with van der Waals surface area (Å²) in [6, 6.07) is 9.83. The van der Waals surface area contributed by atoms with Gasteiger partial charge in [-0.25, -0.2) is 0 Å². The van der Waals surface area contributed by atoms with Gasteiger partial charge in [0, 0.05) is 17.1 Å². The van der Waals surface area contributed by atoms with E-state index in [0.29, 0.717) is 18.1 Å². The standard InChI is InChI=1S/C16H18ClN3O2/c1-11-9-15(19-22-11)18-16(21)10-20-8-2-3-14(20)12-4-6-13(17)7-5-12/h4-7,9,14H,2-3,8,10H2,1H3,(H,18,19,21). The zero-order valence-electron chi connectivity index (χ0n) is 12.4. The molecule has 6 heteroatoms. The van der Waals surface area contributed by atoms with Crippen LogP contribution in [0.4, 0.5) is 5.82 Å². The summed E-state index contributed by atoms with van der Waals surface area (Å²) in [6.45, 7) is 3.05.